The Kier molecular flexibility index (Phi) is 5.42. The summed E-state index contributed by atoms with van der Waals surface area (Å²) in [6, 6.07) is 3.59. The minimum Gasteiger partial charge on any atom is -0.493 e. The highest BCUT2D eigenvalue weighted by Crippen LogP contribution is 2.30. The van der Waals surface area contributed by atoms with E-state index < -0.39 is 17.9 Å². The van der Waals surface area contributed by atoms with Crippen LogP contribution in [0.15, 0.2) is 18.2 Å². The summed E-state index contributed by atoms with van der Waals surface area (Å²) in [5.74, 6) is 1.03. The van der Waals surface area contributed by atoms with Crippen LogP contribution in [0.2, 0.25) is 0 Å². The average Bonchev–Trinajstić information content (AvgIpc) is 2.45. The van der Waals surface area contributed by atoms with Gasteiger partial charge in [-0.05, 0) is 12.1 Å². The first-order valence-electron chi connectivity index (χ1n) is 5.73. The lowest BCUT2D eigenvalue weighted by Crippen LogP contribution is -2.40. The number of carboxylic acids is 1. The number of hydrogen-bond donors (Lipinski definition) is 2. The normalized spacial score (nSPS) is 11.1. The van der Waals surface area contributed by atoms with Gasteiger partial charge in [0.2, 0.25) is 0 Å². The quantitative estimate of drug-likeness (QED) is 0.755. The van der Waals surface area contributed by atoms with E-state index in [4.69, 9.17) is 21.0 Å². The smallest absolute Gasteiger partial charge is 0.327 e. The van der Waals surface area contributed by atoms with Gasteiger partial charge in [0.1, 0.15) is 6.04 Å². The van der Waals surface area contributed by atoms with Crippen molar-refractivity contribution in [3.63, 3.8) is 0 Å². The van der Waals surface area contributed by atoms with E-state index in [1.54, 1.807) is 12.1 Å². The van der Waals surface area contributed by atoms with Crippen molar-refractivity contribution in [3.8, 4) is 23.8 Å². The van der Waals surface area contributed by atoms with Crippen molar-refractivity contribution < 1.29 is 24.2 Å². The lowest BCUT2D eigenvalue weighted by molar-refractivity contribution is -0.139. The number of hydrogen-bond acceptors (Lipinski definition) is 4. The summed E-state index contributed by atoms with van der Waals surface area (Å²) >= 11 is 0. The Morgan fingerprint density at radius 1 is 1.40 bits per heavy atom. The molecule has 0 aliphatic rings. The number of ether oxygens (including phenoxy) is 2. The zero-order valence-corrected chi connectivity index (χ0v) is 11.2. The van der Waals surface area contributed by atoms with Crippen molar-refractivity contribution >= 4 is 11.9 Å². The van der Waals surface area contributed by atoms with Gasteiger partial charge in [-0.15, -0.1) is 12.3 Å². The second-order valence-corrected chi connectivity index (χ2v) is 3.81. The number of nitrogens with one attached hydrogen (secondary N) is 1. The maximum Gasteiger partial charge on any atom is 0.327 e. The van der Waals surface area contributed by atoms with Crippen LogP contribution in [0.25, 0.3) is 0 Å². The van der Waals surface area contributed by atoms with Gasteiger partial charge in [-0.2, -0.15) is 0 Å². The molecule has 1 rings (SSSR count). The van der Waals surface area contributed by atoms with Gasteiger partial charge in [0.15, 0.2) is 11.5 Å². The van der Waals surface area contributed by atoms with Gasteiger partial charge in [0, 0.05) is 6.42 Å². The van der Waals surface area contributed by atoms with E-state index in [0.29, 0.717) is 5.75 Å². The Morgan fingerprint density at radius 2 is 2.10 bits per heavy atom. The van der Waals surface area contributed by atoms with E-state index >= 15 is 0 Å². The summed E-state index contributed by atoms with van der Waals surface area (Å²) < 4.78 is 10.2. The molecule has 1 amide bonds. The van der Waals surface area contributed by atoms with E-state index in [9.17, 15) is 9.59 Å². The standard InChI is InChI=1S/C14H15NO5/c1-4-6-10(14(17)18)15-13(16)9-7-5-8-11(19-2)12(9)20-3/h1,5,7-8,10H,6H2,2-3H3,(H,15,16)(H,17,18). The third-order valence-electron chi connectivity index (χ3n) is 2.57. The number of methoxy groups -OCH3 is 2. The van der Waals surface area contributed by atoms with Gasteiger partial charge in [0.25, 0.3) is 5.91 Å². The summed E-state index contributed by atoms with van der Waals surface area (Å²) in [6.45, 7) is 0. The molecule has 2 N–H and O–H groups in total. The Morgan fingerprint density at radius 3 is 2.60 bits per heavy atom. The molecule has 1 aromatic rings. The van der Waals surface area contributed by atoms with Gasteiger partial charge in [-0.1, -0.05) is 6.07 Å². The van der Waals surface area contributed by atoms with Crippen molar-refractivity contribution in [2.24, 2.45) is 0 Å². The predicted molar refractivity (Wildman–Crippen MR) is 71.9 cm³/mol. The number of amides is 1. The van der Waals surface area contributed by atoms with Crippen LogP contribution in [0, 0.1) is 12.3 Å². The van der Waals surface area contributed by atoms with Crippen LogP contribution in [0.5, 0.6) is 11.5 Å². The highest BCUT2D eigenvalue weighted by Gasteiger charge is 2.22. The fourth-order valence-corrected chi connectivity index (χ4v) is 1.62. The number of carboxylic acid groups (broad SMARTS) is 1. The third-order valence-corrected chi connectivity index (χ3v) is 2.57. The first kappa shape index (κ1) is 15.4. The van der Waals surface area contributed by atoms with E-state index in [0.717, 1.165) is 0 Å². The second-order valence-electron chi connectivity index (χ2n) is 3.81. The Bertz CT molecular complexity index is 547. The topological polar surface area (TPSA) is 84.9 Å². The van der Waals surface area contributed by atoms with E-state index in [-0.39, 0.29) is 17.7 Å². The highest BCUT2D eigenvalue weighted by atomic mass is 16.5. The molecule has 6 nitrogen and oxygen atoms in total. The number of aliphatic carboxylic acids is 1. The van der Waals surface area contributed by atoms with Crippen LogP contribution in [0.4, 0.5) is 0 Å². The SMILES string of the molecule is C#CCC(NC(=O)c1cccc(OC)c1OC)C(=O)O. The predicted octanol–water partition coefficient (Wildman–Crippen LogP) is 0.910. The van der Waals surface area contributed by atoms with Crippen LogP contribution < -0.4 is 14.8 Å². The Labute approximate surface area is 116 Å². The fourth-order valence-electron chi connectivity index (χ4n) is 1.62. The molecule has 0 aliphatic heterocycles. The van der Waals surface area contributed by atoms with Gasteiger partial charge in [-0.3, -0.25) is 4.79 Å². The summed E-state index contributed by atoms with van der Waals surface area (Å²) in [7, 11) is 2.84. The van der Waals surface area contributed by atoms with Crippen molar-refractivity contribution in [3.05, 3.63) is 23.8 Å². The molecule has 0 aliphatic carbocycles. The number of para-hydroxylation sites is 1. The zero-order valence-electron chi connectivity index (χ0n) is 11.2. The molecule has 0 saturated carbocycles. The number of benzene rings is 1. The Balaban J connectivity index is 3.03. The van der Waals surface area contributed by atoms with Crippen LogP contribution in [-0.2, 0) is 4.79 Å². The first-order valence-corrected chi connectivity index (χ1v) is 5.73. The molecule has 106 valence electrons. The second kappa shape index (κ2) is 7.04. The highest BCUT2D eigenvalue weighted by molar-refractivity contribution is 5.99. The molecular weight excluding hydrogens is 262 g/mol. The minimum atomic E-state index is -1.20. The summed E-state index contributed by atoms with van der Waals surface area (Å²) in [5.41, 5.74) is 0.176. The fraction of sp³-hybridized carbons (Fsp3) is 0.286. The van der Waals surface area contributed by atoms with Crippen LogP contribution in [0.3, 0.4) is 0 Å². The zero-order chi connectivity index (χ0) is 15.1. The summed E-state index contributed by atoms with van der Waals surface area (Å²) in [5, 5.41) is 11.3. The molecule has 1 aromatic carbocycles. The van der Waals surface area contributed by atoms with Crippen LogP contribution in [-0.4, -0.2) is 37.2 Å². The Hall–Kier alpha value is -2.68. The summed E-state index contributed by atoms with van der Waals surface area (Å²) in [6.07, 6.45) is 4.97. The van der Waals surface area contributed by atoms with Gasteiger partial charge in [-0.25, -0.2) is 4.79 Å². The maximum atomic E-state index is 12.1. The molecule has 1 unspecified atom stereocenters. The molecule has 0 heterocycles. The molecule has 20 heavy (non-hydrogen) atoms. The number of carbonyl (C=O) groups is 2. The third kappa shape index (κ3) is 3.42. The van der Waals surface area contributed by atoms with Crippen LogP contribution in [0.1, 0.15) is 16.8 Å². The van der Waals surface area contributed by atoms with Crippen molar-refractivity contribution in [2.75, 3.05) is 14.2 Å². The number of rotatable bonds is 6. The lowest BCUT2D eigenvalue weighted by Gasteiger charge is -2.15. The monoisotopic (exact) mass is 277 g/mol. The van der Waals surface area contributed by atoms with Crippen molar-refractivity contribution in [1.29, 1.82) is 0 Å². The van der Waals surface area contributed by atoms with Gasteiger partial charge < -0.3 is 19.9 Å². The molecule has 0 aromatic heterocycles. The molecule has 0 spiro atoms. The molecule has 0 bridgehead atoms. The van der Waals surface area contributed by atoms with E-state index in [1.165, 1.54) is 20.3 Å². The van der Waals surface area contributed by atoms with E-state index in [1.807, 2.05) is 0 Å². The largest absolute Gasteiger partial charge is 0.493 e. The lowest BCUT2D eigenvalue weighted by atomic mass is 10.1. The van der Waals surface area contributed by atoms with E-state index in [2.05, 4.69) is 11.2 Å². The van der Waals surface area contributed by atoms with Gasteiger partial charge >= 0.3 is 5.97 Å². The summed E-state index contributed by atoms with van der Waals surface area (Å²) in [4.78, 5) is 23.1. The molecule has 0 saturated heterocycles. The minimum absolute atomic E-state index is 0.104. The van der Waals surface area contributed by atoms with Crippen molar-refractivity contribution in [1.82, 2.24) is 5.32 Å². The molecular formula is C14H15NO5. The number of carbonyl (C=O) groups excluding carboxylic acids is 1. The maximum absolute atomic E-state index is 12.1. The molecule has 0 fully saturated rings. The molecule has 0 radical (unpaired) electrons. The van der Waals surface area contributed by atoms with Crippen molar-refractivity contribution in [2.45, 2.75) is 12.5 Å². The molecule has 6 heteroatoms. The number of terminal acetylenes is 1. The first-order chi connectivity index (χ1) is 9.54. The van der Waals surface area contributed by atoms with Gasteiger partial charge in [0.05, 0.1) is 19.8 Å². The van der Waals surface area contributed by atoms with Crippen LogP contribution >= 0.6 is 0 Å². The molecule has 1 atom stereocenters. The average molecular weight is 277 g/mol.